The highest BCUT2D eigenvalue weighted by Crippen LogP contribution is 2.40. The number of benzene rings is 1. The van der Waals surface area contributed by atoms with Gasteiger partial charge in [-0.1, -0.05) is 29.4 Å². The second-order valence-corrected chi connectivity index (χ2v) is 10.2. The Morgan fingerprint density at radius 3 is 2.74 bits per heavy atom. The molecular weight excluding hydrogens is 474 g/mol. The average molecular weight is 500 g/mol. The van der Waals surface area contributed by atoms with Crippen LogP contribution in [0.2, 0.25) is 5.02 Å². The Kier molecular flexibility index (Phi) is 6.48. The molecule has 9 nitrogen and oxygen atoms in total. The minimum absolute atomic E-state index is 0.105. The number of aromatic nitrogens is 4. The summed E-state index contributed by atoms with van der Waals surface area (Å²) in [6.45, 7) is 3.19. The van der Waals surface area contributed by atoms with Crippen molar-refractivity contribution in [3.63, 3.8) is 0 Å². The maximum atomic E-state index is 12.4. The van der Waals surface area contributed by atoms with Crippen LogP contribution in [0.15, 0.2) is 52.8 Å². The van der Waals surface area contributed by atoms with Gasteiger partial charge in [-0.3, -0.25) is 9.48 Å². The van der Waals surface area contributed by atoms with E-state index in [1.165, 1.54) is 11.8 Å². The summed E-state index contributed by atoms with van der Waals surface area (Å²) in [6, 6.07) is 7.25. The lowest BCUT2D eigenvalue weighted by atomic mass is 9.75. The van der Waals surface area contributed by atoms with Crippen LogP contribution >= 0.6 is 23.4 Å². The number of aryl methyl sites for hydroxylation is 1. The molecule has 0 bridgehead atoms. The van der Waals surface area contributed by atoms with Gasteiger partial charge in [0.1, 0.15) is 10.8 Å². The molecule has 2 aliphatic heterocycles. The molecule has 4 heterocycles. The van der Waals surface area contributed by atoms with Crippen LogP contribution in [-0.4, -0.2) is 58.0 Å². The standard InChI is InChI=1S/C23H26ClN7O2S/c1-30-8-5-16(29-30)22(32)28-15-3-2-4-17(21(15)24)34-20-12-26-19(11-27-20)31-9-6-23(7-10-31)14-33-13-18(23)25/h2-5,8,11-12,18H,6-7,9-10,13-14,25H2,1H3,(H,28,32)/t18-/m1/s1. The number of hydrogen-bond donors (Lipinski definition) is 2. The van der Waals surface area contributed by atoms with Gasteiger partial charge in [0, 0.05) is 42.7 Å². The maximum absolute atomic E-state index is 12.4. The molecule has 178 valence electrons. The van der Waals surface area contributed by atoms with E-state index >= 15 is 0 Å². The minimum atomic E-state index is -0.317. The zero-order valence-electron chi connectivity index (χ0n) is 18.8. The number of nitrogens with zero attached hydrogens (tertiary/aromatic N) is 5. The monoisotopic (exact) mass is 499 g/mol. The molecule has 1 amide bonds. The van der Waals surface area contributed by atoms with Crippen molar-refractivity contribution in [1.29, 1.82) is 0 Å². The predicted octanol–water partition coefficient (Wildman–Crippen LogP) is 3.21. The molecule has 1 spiro atoms. The number of ether oxygens (including phenoxy) is 1. The first-order chi connectivity index (χ1) is 16.4. The minimum Gasteiger partial charge on any atom is -0.379 e. The van der Waals surface area contributed by atoms with Crippen molar-refractivity contribution < 1.29 is 9.53 Å². The van der Waals surface area contributed by atoms with Gasteiger partial charge in [-0.05, 0) is 31.0 Å². The molecular formula is C23H26ClN7O2S. The van der Waals surface area contributed by atoms with Crippen LogP contribution in [0.3, 0.4) is 0 Å². The Hall–Kier alpha value is -2.66. The van der Waals surface area contributed by atoms with Crippen molar-refractivity contribution in [2.45, 2.75) is 28.8 Å². The van der Waals surface area contributed by atoms with E-state index in [1.54, 1.807) is 42.5 Å². The van der Waals surface area contributed by atoms with Crippen LogP contribution in [0.25, 0.3) is 0 Å². The first-order valence-corrected chi connectivity index (χ1v) is 12.3. The van der Waals surface area contributed by atoms with Gasteiger partial charge < -0.3 is 20.7 Å². The second kappa shape index (κ2) is 9.53. The summed E-state index contributed by atoms with van der Waals surface area (Å²) in [4.78, 5) is 24.7. The third kappa shape index (κ3) is 4.63. The molecule has 2 fully saturated rings. The molecule has 11 heteroatoms. The Morgan fingerprint density at radius 2 is 2.09 bits per heavy atom. The van der Waals surface area contributed by atoms with Crippen molar-refractivity contribution in [2.24, 2.45) is 18.2 Å². The molecule has 34 heavy (non-hydrogen) atoms. The van der Waals surface area contributed by atoms with Gasteiger partial charge in [0.2, 0.25) is 0 Å². The zero-order chi connectivity index (χ0) is 23.7. The SMILES string of the molecule is Cn1ccc(C(=O)Nc2cccc(Sc3cnc(N4CCC5(CC4)COC[C@H]5N)cn3)c2Cl)n1. The number of rotatable bonds is 5. The van der Waals surface area contributed by atoms with Gasteiger partial charge >= 0.3 is 0 Å². The number of carbonyl (C=O) groups excluding carboxylic acids is 1. The molecule has 0 aliphatic carbocycles. The van der Waals surface area contributed by atoms with Crippen molar-refractivity contribution in [3.8, 4) is 0 Å². The number of anilines is 2. The Labute approximate surface area is 207 Å². The van der Waals surface area contributed by atoms with E-state index in [1.807, 2.05) is 12.1 Å². The predicted molar refractivity (Wildman–Crippen MR) is 131 cm³/mol. The van der Waals surface area contributed by atoms with Crippen LogP contribution in [0.4, 0.5) is 11.5 Å². The third-order valence-electron chi connectivity index (χ3n) is 6.54. The maximum Gasteiger partial charge on any atom is 0.276 e. The number of nitrogens with one attached hydrogen (secondary N) is 1. The summed E-state index contributed by atoms with van der Waals surface area (Å²) in [7, 11) is 1.76. The highest BCUT2D eigenvalue weighted by Gasteiger charge is 2.44. The van der Waals surface area contributed by atoms with Gasteiger partial charge in [0.05, 0.1) is 36.3 Å². The van der Waals surface area contributed by atoms with E-state index < -0.39 is 0 Å². The number of carbonyl (C=O) groups is 1. The summed E-state index contributed by atoms with van der Waals surface area (Å²) in [5.74, 6) is 0.538. The van der Waals surface area contributed by atoms with Crippen LogP contribution in [0.1, 0.15) is 23.3 Å². The second-order valence-electron chi connectivity index (χ2n) is 8.73. The molecule has 1 atom stereocenters. The highest BCUT2D eigenvalue weighted by atomic mass is 35.5. The van der Waals surface area contributed by atoms with Crippen molar-refractivity contribution in [2.75, 3.05) is 36.5 Å². The van der Waals surface area contributed by atoms with Crippen LogP contribution in [0, 0.1) is 5.41 Å². The topological polar surface area (TPSA) is 111 Å². The van der Waals surface area contributed by atoms with Gasteiger partial charge in [-0.25, -0.2) is 9.97 Å². The van der Waals surface area contributed by atoms with Crippen LogP contribution in [-0.2, 0) is 11.8 Å². The van der Waals surface area contributed by atoms with Crippen molar-refractivity contribution in [1.82, 2.24) is 19.7 Å². The Morgan fingerprint density at radius 1 is 1.26 bits per heavy atom. The molecule has 5 rings (SSSR count). The Bertz CT molecular complexity index is 1180. The number of amides is 1. The quantitative estimate of drug-likeness (QED) is 0.550. The zero-order valence-corrected chi connectivity index (χ0v) is 20.3. The fourth-order valence-corrected chi connectivity index (χ4v) is 5.49. The fraction of sp³-hybridized carbons (Fsp3) is 0.391. The molecule has 0 unspecified atom stereocenters. The summed E-state index contributed by atoms with van der Waals surface area (Å²) in [5.41, 5.74) is 7.23. The summed E-state index contributed by atoms with van der Waals surface area (Å²) in [5, 5.41) is 8.11. The first-order valence-electron chi connectivity index (χ1n) is 11.1. The lowest BCUT2D eigenvalue weighted by Gasteiger charge is -2.41. The third-order valence-corrected chi connectivity index (χ3v) is 8.04. The largest absolute Gasteiger partial charge is 0.379 e. The number of hydrogen-bond acceptors (Lipinski definition) is 8. The van der Waals surface area contributed by atoms with Crippen molar-refractivity contribution >= 4 is 40.8 Å². The van der Waals surface area contributed by atoms with E-state index in [0.717, 1.165) is 48.3 Å². The van der Waals surface area contributed by atoms with E-state index in [-0.39, 0.29) is 17.4 Å². The average Bonchev–Trinajstić information content (AvgIpc) is 3.43. The molecule has 2 saturated heterocycles. The summed E-state index contributed by atoms with van der Waals surface area (Å²) in [6.07, 6.45) is 7.26. The van der Waals surface area contributed by atoms with Gasteiger partial charge in [-0.15, -0.1) is 0 Å². The van der Waals surface area contributed by atoms with Gasteiger partial charge in [0.15, 0.2) is 5.69 Å². The first kappa shape index (κ1) is 23.1. The smallest absolute Gasteiger partial charge is 0.276 e. The molecule has 1 aromatic carbocycles. The lowest BCUT2D eigenvalue weighted by molar-refractivity contribution is 0.102. The van der Waals surface area contributed by atoms with Gasteiger partial charge in [-0.2, -0.15) is 5.10 Å². The summed E-state index contributed by atoms with van der Waals surface area (Å²) >= 11 is 7.98. The van der Waals surface area contributed by atoms with E-state index in [4.69, 9.17) is 22.1 Å². The van der Waals surface area contributed by atoms with E-state index in [2.05, 4.69) is 25.3 Å². The molecule has 3 N–H and O–H groups in total. The van der Waals surface area contributed by atoms with Gasteiger partial charge in [0.25, 0.3) is 5.91 Å². The number of piperidine rings is 1. The highest BCUT2D eigenvalue weighted by molar-refractivity contribution is 7.99. The van der Waals surface area contributed by atoms with E-state index in [9.17, 15) is 4.79 Å². The van der Waals surface area contributed by atoms with E-state index in [0.29, 0.717) is 23.0 Å². The number of nitrogens with two attached hydrogens (primary N) is 1. The molecule has 0 saturated carbocycles. The molecule has 2 aliphatic rings. The fourth-order valence-electron chi connectivity index (χ4n) is 4.42. The van der Waals surface area contributed by atoms with Crippen LogP contribution < -0.4 is 16.0 Å². The Balaban J connectivity index is 1.23. The lowest BCUT2D eigenvalue weighted by Crippen LogP contribution is -2.49. The van der Waals surface area contributed by atoms with Crippen molar-refractivity contribution in [3.05, 3.63) is 53.6 Å². The number of halogens is 1. The molecule has 0 radical (unpaired) electrons. The molecule has 2 aromatic heterocycles. The summed E-state index contributed by atoms with van der Waals surface area (Å²) < 4.78 is 7.19. The normalized spacial score (nSPS) is 19.5. The molecule has 3 aromatic rings. The van der Waals surface area contributed by atoms with Crippen LogP contribution in [0.5, 0.6) is 0 Å².